The van der Waals surface area contributed by atoms with Crippen LogP contribution < -0.4 is 10.5 Å². The number of nitrogens with zero attached hydrogens (tertiary/aromatic N) is 6. The van der Waals surface area contributed by atoms with E-state index in [1.54, 1.807) is 10.7 Å². The topological polar surface area (TPSA) is 68.3 Å². The molecule has 0 atom stereocenters. The zero-order valence-electron chi connectivity index (χ0n) is 16.7. The summed E-state index contributed by atoms with van der Waals surface area (Å²) in [6.07, 6.45) is 6.23. The summed E-state index contributed by atoms with van der Waals surface area (Å²) in [5.41, 5.74) is 3.11. The van der Waals surface area contributed by atoms with E-state index in [0.29, 0.717) is 18.4 Å². The summed E-state index contributed by atoms with van der Waals surface area (Å²) in [4.78, 5) is 19.1. The van der Waals surface area contributed by atoms with Crippen LogP contribution in [0.5, 0.6) is 0 Å². The molecule has 7 heteroatoms. The molecule has 3 aromatic rings. The van der Waals surface area contributed by atoms with Crippen molar-refractivity contribution in [1.82, 2.24) is 24.4 Å². The Morgan fingerprint density at radius 2 is 1.93 bits per heavy atom. The minimum atomic E-state index is -0.0675. The van der Waals surface area contributed by atoms with E-state index in [1.165, 1.54) is 18.5 Å². The summed E-state index contributed by atoms with van der Waals surface area (Å²) in [6, 6.07) is 5.66. The van der Waals surface area contributed by atoms with Crippen molar-refractivity contribution in [3.05, 3.63) is 52.3 Å². The molecule has 1 aliphatic carbocycles. The van der Waals surface area contributed by atoms with Crippen molar-refractivity contribution >= 4 is 11.3 Å². The van der Waals surface area contributed by atoms with Gasteiger partial charge in [-0.2, -0.15) is 10.2 Å². The summed E-state index contributed by atoms with van der Waals surface area (Å²) < 4.78 is 3.57. The molecule has 1 saturated heterocycles. The molecule has 0 radical (unpaired) electrons. The van der Waals surface area contributed by atoms with E-state index < -0.39 is 0 Å². The first-order valence-corrected chi connectivity index (χ1v) is 10.1. The third kappa shape index (κ3) is 3.08. The summed E-state index contributed by atoms with van der Waals surface area (Å²) in [5.74, 6) is 2.01. The monoisotopic (exact) mass is 378 g/mol. The number of fused-ring (bicyclic) bond motifs is 1. The van der Waals surface area contributed by atoms with Gasteiger partial charge in [0, 0.05) is 48.8 Å². The Bertz CT molecular complexity index is 1080. The highest BCUT2D eigenvalue weighted by Crippen LogP contribution is 2.40. The molecule has 3 aromatic heterocycles. The quantitative estimate of drug-likeness (QED) is 0.698. The van der Waals surface area contributed by atoms with Crippen molar-refractivity contribution in [3.8, 4) is 0 Å². The molecule has 4 heterocycles. The SMILES string of the molecule is CC(C)(C)c1ccc(=O)n(CC2CN(c3nccn4nc(C5CC5)cc34)C2)n1. The van der Waals surface area contributed by atoms with Crippen LogP contribution in [0.4, 0.5) is 5.82 Å². The molecule has 146 valence electrons. The van der Waals surface area contributed by atoms with Crippen molar-refractivity contribution < 1.29 is 0 Å². The van der Waals surface area contributed by atoms with Crippen LogP contribution in [0.15, 0.2) is 35.4 Å². The lowest BCUT2D eigenvalue weighted by Gasteiger charge is -2.40. The molecule has 2 aliphatic rings. The zero-order chi connectivity index (χ0) is 19.5. The Kier molecular flexibility index (Phi) is 3.82. The van der Waals surface area contributed by atoms with Crippen molar-refractivity contribution in [1.29, 1.82) is 0 Å². The van der Waals surface area contributed by atoms with Gasteiger partial charge in [0.25, 0.3) is 5.56 Å². The average Bonchev–Trinajstić information content (AvgIpc) is 3.36. The third-order valence-electron chi connectivity index (χ3n) is 5.71. The highest BCUT2D eigenvalue weighted by atomic mass is 16.1. The number of anilines is 1. The highest BCUT2D eigenvalue weighted by Gasteiger charge is 2.32. The molecule has 0 spiro atoms. The van der Waals surface area contributed by atoms with E-state index in [9.17, 15) is 4.79 Å². The van der Waals surface area contributed by atoms with Crippen LogP contribution >= 0.6 is 0 Å². The molecule has 0 N–H and O–H groups in total. The van der Waals surface area contributed by atoms with E-state index in [0.717, 1.165) is 30.1 Å². The molecule has 5 rings (SSSR count). The summed E-state index contributed by atoms with van der Waals surface area (Å²) in [5, 5.41) is 9.30. The first kappa shape index (κ1) is 17.4. The molecule has 0 bridgehead atoms. The predicted octanol–water partition coefficient (Wildman–Crippen LogP) is 2.60. The van der Waals surface area contributed by atoms with Crippen LogP contribution in [0.2, 0.25) is 0 Å². The zero-order valence-corrected chi connectivity index (χ0v) is 16.7. The van der Waals surface area contributed by atoms with E-state index in [2.05, 4.69) is 41.8 Å². The highest BCUT2D eigenvalue weighted by molar-refractivity contribution is 5.70. The van der Waals surface area contributed by atoms with E-state index in [1.807, 2.05) is 23.0 Å². The van der Waals surface area contributed by atoms with Gasteiger partial charge in [-0.1, -0.05) is 20.8 Å². The largest absolute Gasteiger partial charge is 0.354 e. The predicted molar refractivity (Wildman–Crippen MR) is 108 cm³/mol. The average molecular weight is 378 g/mol. The molecule has 2 fully saturated rings. The fourth-order valence-corrected chi connectivity index (χ4v) is 3.83. The second kappa shape index (κ2) is 6.15. The normalized spacial score (nSPS) is 17.9. The minimum Gasteiger partial charge on any atom is -0.354 e. The van der Waals surface area contributed by atoms with Crippen LogP contribution in [0, 0.1) is 5.92 Å². The number of rotatable bonds is 4. The van der Waals surface area contributed by atoms with Gasteiger partial charge in [-0.15, -0.1) is 0 Å². The summed E-state index contributed by atoms with van der Waals surface area (Å²) in [6.45, 7) is 8.75. The number of hydrogen-bond donors (Lipinski definition) is 0. The first-order chi connectivity index (χ1) is 13.4. The smallest absolute Gasteiger partial charge is 0.266 e. The lowest BCUT2D eigenvalue weighted by molar-refractivity contribution is 0.328. The Morgan fingerprint density at radius 1 is 1.14 bits per heavy atom. The number of aromatic nitrogens is 5. The lowest BCUT2D eigenvalue weighted by atomic mass is 9.92. The van der Waals surface area contributed by atoms with Crippen molar-refractivity contribution in [2.75, 3.05) is 18.0 Å². The lowest BCUT2D eigenvalue weighted by Crippen LogP contribution is -2.50. The van der Waals surface area contributed by atoms with Gasteiger partial charge in [0.1, 0.15) is 5.52 Å². The summed E-state index contributed by atoms with van der Waals surface area (Å²) >= 11 is 0. The Hall–Kier alpha value is -2.70. The molecule has 7 nitrogen and oxygen atoms in total. The Morgan fingerprint density at radius 3 is 2.64 bits per heavy atom. The second-order valence-corrected chi connectivity index (χ2v) is 9.18. The number of hydrogen-bond acceptors (Lipinski definition) is 5. The van der Waals surface area contributed by atoms with Gasteiger partial charge in [0.05, 0.1) is 17.9 Å². The molecule has 1 aliphatic heterocycles. The maximum atomic E-state index is 12.2. The van der Waals surface area contributed by atoms with Crippen LogP contribution in [-0.2, 0) is 12.0 Å². The van der Waals surface area contributed by atoms with Crippen molar-refractivity contribution in [3.63, 3.8) is 0 Å². The molecular formula is C21H26N6O. The molecule has 1 saturated carbocycles. The molecule has 0 unspecified atom stereocenters. The van der Waals surface area contributed by atoms with Crippen LogP contribution in [-0.4, -0.2) is 37.5 Å². The van der Waals surface area contributed by atoms with Crippen molar-refractivity contribution in [2.24, 2.45) is 5.92 Å². The van der Waals surface area contributed by atoms with Crippen LogP contribution in [0.1, 0.15) is 50.9 Å². The standard InChI is InChI=1S/C21H26N6O/c1-21(2,3)18-6-7-19(28)27(24-18)13-14-11-25(12-14)20-17-10-16(15-4-5-15)23-26(17)9-8-22-20/h6-10,14-15H,4-5,11-13H2,1-3H3. The van der Waals surface area contributed by atoms with Crippen LogP contribution in [0.25, 0.3) is 5.52 Å². The van der Waals surface area contributed by atoms with Gasteiger partial charge in [-0.3, -0.25) is 4.79 Å². The minimum absolute atomic E-state index is 0.0310. The first-order valence-electron chi connectivity index (χ1n) is 10.1. The fourth-order valence-electron chi connectivity index (χ4n) is 3.83. The van der Waals surface area contributed by atoms with E-state index in [-0.39, 0.29) is 11.0 Å². The van der Waals surface area contributed by atoms with Gasteiger partial charge in [-0.05, 0) is 25.0 Å². The third-order valence-corrected chi connectivity index (χ3v) is 5.71. The van der Waals surface area contributed by atoms with Crippen LogP contribution in [0.3, 0.4) is 0 Å². The van der Waals surface area contributed by atoms with Gasteiger partial charge in [-0.25, -0.2) is 14.2 Å². The Labute approximate surface area is 164 Å². The summed E-state index contributed by atoms with van der Waals surface area (Å²) in [7, 11) is 0. The second-order valence-electron chi connectivity index (χ2n) is 9.18. The van der Waals surface area contributed by atoms with Gasteiger partial charge in [0.15, 0.2) is 5.82 Å². The maximum Gasteiger partial charge on any atom is 0.266 e. The fraction of sp³-hybridized carbons (Fsp3) is 0.524. The molecular weight excluding hydrogens is 352 g/mol. The Balaban J connectivity index is 1.32. The van der Waals surface area contributed by atoms with Crippen molar-refractivity contribution in [2.45, 2.75) is 51.5 Å². The van der Waals surface area contributed by atoms with Gasteiger partial charge in [0.2, 0.25) is 0 Å². The maximum absolute atomic E-state index is 12.2. The molecule has 0 amide bonds. The van der Waals surface area contributed by atoms with E-state index in [4.69, 9.17) is 5.10 Å². The molecule has 0 aromatic carbocycles. The van der Waals surface area contributed by atoms with Gasteiger partial charge >= 0.3 is 0 Å². The molecule has 28 heavy (non-hydrogen) atoms. The van der Waals surface area contributed by atoms with Gasteiger partial charge < -0.3 is 4.90 Å². The van der Waals surface area contributed by atoms with E-state index >= 15 is 0 Å².